The van der Waals surface area contributed by atoms with E-state index in [0.717, 1.165) is 25.3 Å². The highest BCUT2D eigenvalue weighted by Crippen LogP contribution is 2.35. The van der Waals surface area contributed by atoms with Crippen LogP contribution < -0.4 is 5.73 Å². The van der Waals surface area contributed by atoms with Gasteiger partial charge < -0.3 is 10.5 Å². The van der Waals surface area contributed by atoms with E-state index in [-0.39, 0.29) is 5.54 Å². The molecule has 1 heterocycles. The second kappa shape index (κ2) is 5.25. The molecular weight excluding hydrogens is 212 g/mol. The zero-order valence-electron chi connectivity index (χ0n) is 11.6. The standard InChI is InChI=1S/C14H28N2O/c1-11-7-14(10-15,8-12(2)17-11)16(3)9-13-5-4-6-13/h11-13H,4-10,15H2,1-3H3. The molecule has 0 radical (unpaired) electrons. The number of nitrogens with two attached hydrogens (primary N) is 1. The van der Waals surface area contributed by atoms with E-state index >= 15 is 0 Å². The van der Waals surface area contributed by atoms with Crippen molar-refractivity contribution in [3.8, 4) is 0 Å². The number of hydrogen-bond donors (Lipinski definition) is 1. The number of rotatable bonds is 4. The molecule has 1 saturated heterocycles. The minimum atomic E-state index is 0.173. The van der Waals surface area contributed by atoms with Crippen LogP contribution in [-0.4, -0.2) is 42.8 Å². The van der Waals surface area contributed by atoms with Crippen molar-refractivity contribution in [2.24, 2.45) is 11.7 Å². The van der Waals surface area contributed by atoms with E-state index in [1.165, 1.54) is 25.8 Å². The molecule has 1 aliphatic heterocycles. The predicted octanol–water partition coefficient (Wildman–Crippen LogP) is 2.00. The maximum Gasteiger partial charge on any atom is 0.0568 e. The molecule has 0 aromatic rings. The first-order valence-corrected chi connectivity index (χ1v) is 7.12. The summed E-state index contributed by atoms with van der Waals surface area (Å²) in [6.07, 6.45) is 7.08. The van der Waals surface area contributed by atoms with Crippen LogP contribution in [0.15, 0.2) is 0 Å². The molecule has 2 N–H and O–H groups in total. The van der Waals surface area contributed by atoms with Crippen molar-refractivity contribution in [2.45, 2.75) is 63.7 Å². The summed E-state index contributed by atoms with van der Waals surface area (Å²) in [5.74, 6) is 0.914. The third-order valence-electron chi connectivity index (χ3n) is 4.75. The van der Waals surface area contributed by atoms with Crippen LogP contribution in [0.4, 0.5) is 0 Å². The Morgan fingerprint density at radius 1 is 1.24 bits per heavy atom. The summed E-state index contributed by atoms with van der Waals surface area (Å²) in [7, 11) is 2.26. The molecule has 2 aliphatic rings. The summed E-state index contributed by atoms with van der Waals surface area (Å²) in [4.78, 5) is 2.53. The fourth-order valence-corrected chi connectivity index (χ4v) is 3.54. The molecule has 0 aromatic heterocycles. The van der Waals surface area contributed by atoms with Gasteiger partial charge in [0.15, 0.2) is 0 Å². The smallest absolute Gasteiger partial charge is 0.0568 e. The minimum absolute atomic E-state index is 0.173. The van der Waals surface area contributed by atoms with Gasteiger partial charge in [-0.25, -0.2) is 0 Å². The van der Waals surface area contributed by atoms with Gasteiger partial charge in [0.1, 0.15) is 0 Å². The number of nitrogens with zero attached hydrogens (tertiary/aromatic N) is 1. The van der Waals surface area contributed by atoms with Crippen molar-refractivity contribution < 1.29 is 4.74 Å². The lowest BCUT2D eigenvalue weighted by Gasteiger charge is -2.49. The highest BCUT2D eigenvalue weighted by molar-refractivity contribution is 4.97. The van der Waals surface area contributed by atoms with E-state index in [4.69, 9.17) is 10.5 Å². The highest BCUT2D eigenvalue weighted by atomic mass is 16.5. The normalized spacial score (nSPS) is 39.4. The Bertz CT molecular complexity index is 243. The Labute approximate surface area is 106 Å². The van der Waals surface area contributed by atoms with Crippen molar-refractivity contribution in [3.05, 3.63) is 0 Å². The average Bonchev–Trinajstić information content (AvgIpc) is 2.21. The molecule has 0 aromatic carbocycles. The molecule has 3 heteroatoms. The van der Waals surface area contributed by atoms with Crippen molar-refractivity contribution >= 4 is 0 Å². The first-order valence-electron chi connectivity index (χ1n) is 7.12. The van der Waals surface area contributed by atoms with Crippen LogP contribution in [0.25, 0.3) is 0 Å². The maximum absolute atomic E-state index is 6.10. The minimum Gasteiger partial charge on any atom is -0.375 e. The number of hydrogen-bond acceptors (Lipinski definition) is 3. The summed E-state index contributed by atoms with van der Waals surface area (Å²) in [5, 5.41) is 0. The molecule has 100 valence electrons. The van der Waals surface area contributed by atoms with E-state index < -0.39 is 0 Å². The van der Waals surface area contributed by atoms with Gasteiger partial charge in [-0.05, 0) is 52.5 Å². The van der Waals surface area contributed by atoms with Gasteiger partial charge in [-0.1, -0.05) is 6.42 Å². The molecule has 1 saturated carbocycles. The Morgan fingerprint density at radius 2 is 1.82 bits per heavy atom. The molecule has 2 atom stereocenters. The number of ether oxygens (including phenoxy) is 1. The van der Waals surface area contributed by atoms with E-state index in [0.29, 0.717) is 12.2 Å². The summed E-state index contributed by atoms with van der Waals surface area (Å²) in [5.41, 5.74) is 6.27. The van der Waals surface area contributed by atoms with Crippen molar-refractivity contribution in [2.75, 3.05) is 20.1 Å². The Hall–Kier alpha value is -0.120. The van der Waals surface area contributed by atoms with Crippen LogP contribution in [0.2, 0.25) is 0 Å². The first-order chi connectivity index (χ1) is 8.05. The molecule has 2 fully saturated rings. The monoisotopic (exact) mass is 240 g/mol. The fourth-order valence-electron chi connectivity index (χ4n) is 3.54. The SMILES string of the molecule is CC1CC(CN)(N(C)CC2CCC2)CC(C)O1. The van der Waals surface area contributed by atoms with Gasteiger partial charge >= 0.3 is 0 Å². The molecule has 17 heavy (non-hydrogen) atoms. The van der Waals surface area contributed by atoms with E-state index in [1.54, 1.807) is 0 Å². The molecule has 0 amide bonds. The lowest BCUT2D eigenvalue weighted by atomic mass is 9.79. The highest BCUT2D eigenvalue weighted by Gasteiger charge is 2.41. The van der Waals surface area contributed by atoms with Crippen LogP contribution in [0.5, 0.6) is 0 Å². The van der Waals surface area contributed by atoms with Gasteiger partial charge in [0.05, 0.1) is 12.2 Å². The Kier molecular flexibility index (Phi) is 4.11. The van der Waals surface area contributed by atoms with Gasteiger partial charge in [0, 0.05) is 18.6 Å². The maximum atomic E-state index is 6.10. The summed E-state index contributed by atoms with van der Waals surface area (Å²) in [6, 6.07) is 0. The van der Waals surface area contributed by atoms with Gasteiger partial charge in [0.25, 0.3) is 0 Å². The molecular formula is C14H28N2O. The zero-order chi connectivity index (χ0) is 12.5. The third kappa shape index (κ3) is 2.83. The Balaban J connectivity index is 2.00. The van der Waals surface area contributed by atoms with E-state index in [9.17, 15) is 0 Å². The molecule has 0 bridgehead atoms. The third-order valence-corrected chi connectivity index (χ3v) is 4.75. The largest absolute Gasteiger partial charge is 0.375 e. The summed E-state index contributed by atoms with van der Waals surface area (Å²) >= 11 is 0. The predicted molar refractivity (Wildman–Crippen MR) is 71.0 cm³/mol. The summed E-state index contributed by atoms with van der Waals surface area (Å²) < 4.78 is 5.86. The fraction of sp³-hybridized carbons (Fsp3) is 1.00. The van der Waals surface area contributed by atoms with Crippen molar-refractivity contribution in [1.29, 1.82) is 0 Å². The van der Waals surface area contributed by atoms with Crippen molar-refractivity contribution in [1.82, 2.24) is 4.90 Å². The van der Waals surface area contributed by atoms with Gasteiger partial charge in [-0.3, -0.25) is 4.90 Å². The van der Waals surface area contributed by atoms with Crippen LogP contribution in [-0.2, 0) is 4.74 Å². The lowest BCUT2D eigenvalue weighted by molar-refractivity contribution is -0.101. The molecule has 3 nitrogen and oxygen atoms in total. The van der Waals surface area contributed by atoms with Crippen LogP contribution >= 0.6 is 0 Å². The average molecular weight is 240 g/mol. The molecule has 1 aliphatic carbocycles. The topological polar surface area (TPSA) is 38.5 Å². The Morgan fingerprint density at radius 3 is 2.24 bits per heavy atom. The van der Waals surface area contributed by atoms with Gasteiger partial charge in [-0.2, -0.15) is 0 Å². The van der Waals surface area contributed by atoms with Crippen molar-refractivity contribution in [3.63, 3.8) is 0 Å². The molecule has 2 rings (SSSR count). The second-order valence-corrected chi connectivity index (χ2v) is 6.27. The van der Waals surface area contributed by atoms with Crippen LogP contribution in [0.1, 0.15) is 46.0 Å². The van der Waals surface area contributed by atoms with Gasteiger partial charge in [0.2, 0.25) is 0 Å². The first kappa shape index (κ1) is 13.3. The summed E-state index contributed by atoms with van der Waals surface area (Å²) in [6.45, 7) is 6.33. The quantitative estimate of drug-likeness (QED) is 0.817. The van der Waals surface area contributed by atoms with Crippen LogP contribution in [0.3, 0.4) is 0 Å². The van der Waals surface area contributed by atoms with Crippen LogP contribution in [0, 0.1) is 5.92 Å². The van der Waals surface area contributed by atoms with E-state index in [2.05, 4.69) is 25.8 Å². The lowest BCUT2D eigenvalue weighted by Crippen LogP contribution is -2.59. The molecule has 2 unspecified atom stereocenters. The van der Waals surface area contributed by atoms with E-state index in [1.807, 2.05) is 0 Å². The zero-order valence-corrected chi connectivity index (χ0v) is 11.6. The molecule has 0 spiro atoms. The second-order valence-electron chi connectivity index (χ2n) is 6.27. The van der Waals surface area contributed by atoms with Gasteiger partial charge in [-0.15, -0.1) is 0 Å². The number of likely N-dealkylation sites (N-methyl/N-ethyl adjacent to an activating group) is 1.